The van der Waals surface area contributed by atoms with Gasteiger partial charge in [0.25, 0.3) is 0 Å². The minimum absolute atomic E-state index is 0.0699. The molecule has 0 spiro atoms. The molecule has 0 aliphatic heterocycles. The molecular weight excluding hydrogens is 336 g/mol. The molecule has 4 rings (SSSR count). The van der Waals surface area contributed by atoms with Crippen molar-refractivity contribution in [3.63, 3.8) is 0 Å². The molecule has 0 heterocycles. The van der Waals surface area contributed by atoms with Gasteiger partial charge in [-0.3, -0.25) is 4.79 Å². The van der Waals surface area contributed by atoms with E-state index in [1.165, 1.54) is 0 Å². The number of hydrogen-bond donors (Lipinski definition) is 2. The van der Waals surface area contributed by atoms with E-state index in [9.17, 15) is 15.0 Å². The first-order valence-corrected chi connectivity index (χ1v) is 10.3. The molecule has 0 amide bonds. The van der Waals surface area contributed by atoms with Crippen LogP contribution in [-0.2, 0) is 4.79 Å². The van der Waals surface area contributed by atoms with Crippen LogP contribution in [0.1, 0.15) is 58.8 Å². The Morgan fingerprint density at radius 1 is 1.36 bits per heavy atom. The quantitative estimate of drug-likeness (QED) is 0.706. The maximum absolute atomic E-state index is 12.0. The highest BCUT2D eigenvalue weighted by molar-refractivity contribution is 6.30. The summed E-state index contributed by atoms with van der Waals surface area (Å²) in [5.41, 5.74) is 0.925. The summed E-state index contributed by atoms with van der Waals surface area (Å²) in [6, 6.07) is 0. The van der Waals surface area contributed by atoms with Gasteiger partial charge in [-0.25, -0.2) is 0 Å². The number of aliphatic hydroxyl groups excluding tert-OH is 2. The van der Waals surface area contributed by atoms with Gasteiger partial charge in [-0.2, -0.15) is 0 Å². The van der Waals surface area contributed by atoms with Crippen molar-refractivity contribution >= 4 is 17.4 Å². The van der Waals surface area contributed by atoms with Crippen LogP contribution in [0.25, 0.3) is 0 Å². The molecule has 0 radical (unpaired) electrons. The number of hydrogen-bond acceptors (Lipinski definition) is 3. The molecule has 0 aromatic rings. The molecule has 4 heteroatoms. The number of allylic oxidation sites excluding steroid dienone is 3. The maximum Gasteiger partial charge on any atom is 0.197 e. The third kappa shape index (κ3) is 2.38. The standard InChI is InChI=1S/C21H29ClO3/c1-3-21-9-8-13-12-4-7-17(23)19(24)14(12)10-11(2)18(13)15(21)5-6-16(22)20(21)25/h6,11-13,15,18,20,24-25H,3-5,7-10H2,1-2H3/t11-,12-,13-,15+,18-,20+,21?/m1/s1. The summed E-state index contributed by atoms with van der Waals surface area (Å²) < 4.78 is 0. The topological polar surface area (TPSA) is 57.5 Å². The fourth-order valence-corrected chi connectivity index (χ4v) is 7.22. The van der Waals surface area contributed by atoms with E-state index >= 15 is 0 Å². The second-order valence-corrected chi connectivity index (χ2v) is 9.26. The fourth-order valence-electron chi connectivity index (χ4n) is 6.91. The van der Waals surface area contributed by atoms with E-state index < -0.39 is 6.10 Å². The Hall–Kier alpha value is -0.800. The Morgan fingerprint density at radius 3 is 2.84 bits per heavy atom. The highest BCUT2D eigenvalue weighted by Crippen LogP contribution is 2.63. The van der Waals surface area contributed by atoms with Crippen molar-refractivity contribution < 1.29 is 15.0 Å². The summed E-state index contributed by atoms with van der Waals surface area (Å²) in [6.45, 7) is 4.46. The molecule has 2 fully saturated rings. The normalized spacial score (nSPS) is 46.9. The maximum atomic E-state index is 12.0. The second-order valence-electron chi connectivity index (χ2n) is 8.82. The number of Topliss-reactive ketones (excluding diaryl/α,β-unsaturated/α-hetero) is 1. The lowest BCUT2D eigenvalue weighted by molar-refractivity contribution is -0.124. The van der Waals surface area contributed by atoms with Gasteiger partial charge in [-0.05, 0) is 73.7 Å². The number of ketones is 1. The van der Waals surface area contributed by atoms with Crippen LogP contribution < -0.4 is 0 Å². The number of rotatable bonds is 1. The molecular formula is C21H29ClO3. The van der Waals surface area contributed by atoms with Gasteiger partial charge in [0.2, 0.25) is 0 Å². The Labute approximate surface area is 155 Å². The minimum atomic E-state index is -0.538. The molecule has 0 aromatic carbocycles. The van der Waals surface area contributed by atoms with E-state index in [0.29, 0.717) is 41.0 Å². The zero-order valence-electron chi connectivity index (χ0n) is 15.2. The van der Waals surface area contributed by atoms with Crippen LogP contribution in [0.4, 0.5) is 0 Å². The molecule has 0 saturated heterocycles. The van der Waals surface area contributed by atoms with Crippen LogP contribution in [-0.4, -0.2) is 22.1 Å². The third-order valence-electron chi connectivity index (χ3n) is 8.09. The Kier molecular flexibility index (Phi) is 4.31. The van der Waals surface area contributed by atoms with E-state index in [1.807, 2.05) is 6.08 Å². The number of halogens is 1. The van der Waals surface area contributed by atoms with Gasteiger partial charge in [-0.15, -0.1) is 0 Å². The monoisotopic (exact) mass is 364 g/mol. The predicted molar refractivity (Wildman–Crippen MR) is 98.2 cm³/mol. The Bertz CT molecular complexity index is 652. The molecule has 4 aliphatic carbocycles. The molecule has 2 N–H and O–H groups in total. The van der Waals surface area contributed by atoms with E-state index in [2.05, 4.69) is 13.8 Å². The third-order valence-corrected chi connectivity index (χ3v) is 8.45. The zero-order valence-corrected chi connectivity index (χ0v) is 15.9. The molecule has 4 aliphatic rings. The molecule has 1 unspecified atom stereocenters. The lowest BCUT2D eigenvalue weighted by atomic mass is 9.45. The molecule has 0 aromatic heterocycles. The van der Waals surface area contributed by atoms with Gasteiger partial charge < -0.3 is 10.2 Å². The lowest BCUT2D eigenvalue weighted by Gasteiger charge is -2.60. The first-order valence-electron chi connectivity index (χ1n) is 9.89. The van der Waals surface area contributed by atoms with Crippen LogP contribution in [0.2, 0.25) is 0 Å². The van der Waals surface area contributed by atoms with Crippen molar-refractivity contribution in [3.05, 3.63) is 22.4 Å². The van der Waals surface area contributed by atoms with Crippen molar-refractivity contribution in [1.29, 1.82) is 0 Å². The fraction of sp³-hybridized carbons (Fsp3) is 0.762. The van der Waals surface area contributed by atoms with Gasteiger partial charge in [0.15, 0.2) is 11.5 Å². The van der Waals surface area contributed by atoms with Crippen molar-refractivity contribution in [2.75, 3.05) is 0 Å². The molecule has 138 valence electrons. The average Bonchev–Trinajstić information content (AvgIpc) is 2.61. The molecule has 2 saturated carbocycles. The summed E-state index contributed by atoms with van der Waals surface area (Å²) in [6.07, 6.45) is 7.65. The van der Waals surface area contributed by atoms with Crippen molar-refractivity contribution in [2.45, 2.75) is 64.9 Å². The largest absolute Gasteiger partial charge is 0.504 e. The highest BCUT2D eigenvalue weighted by atomic mass is 35.5. The zero-order chi connectivity index (χ0) is 17.9. The summed E-state index contributed by atoms with van der Waals surface area (Å²) >= 11 is 6.35. The van der Waals surface area contributed by atoms with Gasteiger partial charge in [-0.1, -0.05) is 31.5 Å². The number of carbonyl (C=O) groups excluding carboxylic acids is 1. The Balaban J connectivity index is 1.74. The average molecular weight is 365 g/mol. The van der Waals surface area contributed by atoms with E-state index in [-0.39, 0.29) is 17.0 Å². The molecule has 7 atom stereocenters. The van der Waals surface area contributed by atoms with Gasteiger partial charge >= 0.3 is 0 Å². The second kappa shape index (κ2) is 6.13. The van der Waals surface area contributed by atoms with Crippen LogP contribution in [0.15, 0.2) is 22.4 Å². The van der Waals surface area contributed by atoms with Gasteiger partial charge in [0.1, 0.15) is 0 Å². The van der Waals surface area contributed by atoms with Gasteiger partial charge in [0.05, 0.1) is 6.10 Å². The highest BCUT2D eigenvalue weighted by Gasteiger charge is 2.58. The van der Waals surface area contributed by atoms with Crippen LogP contribution in [0, 0.1) is 35.0 Å². The van der Waals surface area contributed by atoms with Crippen molar-refractivity contribution in [1.82, 2.24) is 0 Å². The van der Waals surface area contributed by atoms with Crippen LogP contribution >= 0.6 is 11.6 Å². The van der Waals surface area contributed by atoms with E-state index in [0.717, 1.165) is 44.1 Å². The first-order chi connectivity index (χ1) is 11.9. The number of aliphatic hydroxyl groups is 2. The van der Waals surface area contributed by atoms with Crippen molar-refractivity contribution in [2.24, 2.45) is 35.0 Å². The van der Waals surface area contributed by atoms with Crippen LogP contribution in [0.5, 0.6) is 0 Å². The van der Waals surface area contributed by atoms with Crippen molar-refractivity contribution in [3.8, 4) is 0 Å². The smallest absolute Gasteiger partial charge is 0.197 e. The van der Waals surface area contributed by atoms with Crippen LogP contribution in [0.3, 0.4) is 0 Å². The van der Waals surface area contributed by atoms with E-state index in [4.69, 9.17) is 11.6 Å². The summed E-state index contributed by atoms with van der Waals surface area (Å²) in [7, 11) is 0. The SMILES string of the molecule is CCC12CC[C@H]3[C@@H]([C@H](C)CC4=C(O)C(=O)CC[C@@H]43)[C@@H]1CC=C(Cl)[C@@H]2O. The lowest BCUT2D eigenvalue weighted by Crippen LogP contribution is -2.56. The Morgan fingerprint density at radius 2 is 2.12 bits per heavy atom. The summed E-state index contributed by atoms with van der Waals surface area (Å²) in [5.74, 6) is 2.30. The van der Waals surface area contributed by atoms with E-state index in [1.54, 1.807) is 0 Å². The molecule has 25 heavy (non-hydrogen) atoms. The summed E-state index contributed by atoms with van der Waals surface area (Å²) in [4.78, 5) is 12.0. The predicted octanol–water partition coefficient (Wildman–Crippen LogP) is 4.74. The minimum Gasteiger partial charge on any atom is -0.504 e. The first kappa shape index (κ1) is 17.6. The molecule has 3 nitrogen and oxygen atoms in total. The number of carbonyl (C=O) groups is 1. The van der Waals surface area contributed by atoms with Gasteiger partial charge in [0, 0.05) is 16.9 Å². The summed E-state index contributed by atoms with van der Waals surface area (Å²) in [5, 5.41) is 21.9. The molecule has 0 bridgehead atoms. The number of fused-ring (bicyclic) bond motifs is 5.